The van der Waals surface area contributed by atoms with E-state index in [-0.39, 0.29) is 0 Å². The Balaban J connectivity index is 1.87. The molecule has 0 aromatic carbocycles. The maximum Gasteiger partial charge on any atom is 0.336 e. The van der Waals surface area contributed by atoms with E-state index in [0.29, 0.717) is 25.3 Å². The minimum Gasteiger partial charge on any atom is -0.478 e. The Bertz CT molecular complexity index is 550. The van der Waals surface area contributed by atoms with Crippen LogP contribution in [0.5, 0.6) is 0 Å². The highest BCUT2D eigenvalue weighted by Gasteiger charge is 2.06. The molecule has 7 heteroatoms. The third kappa shape index (κ3) is 3.80. The molecular formula is C12H15N3O3S. The van der Waals surface area contributed by atoms with E-state index >= 15 is 0 Å². The zero-order valence-electron chi connectivity index (χ0n) is 10.5. The average Bonchev–Trinajstić information content (AvgIpc) is 3.03. The highest BCUT2D eigenvalue weighted by Crippen LogP contribution is 2.16. The third-order valence-electron chi connectivity index (χ3n) is 2.53. The van der Waals surface area contributed by atoms with Crippen LogP contribution in [0.3, 0.4) is 0 Å². The van der Waals surface area contributed by atoms with E-state index in [9.17, 15) is 4.79 Å². The molecule has 2 heterocycles. The van der Waals surface area contributed by atoms with Gasteiger partial charge in [0.25, 0.3) is 0 Å². The van der Waals surface area contributed by atoms with Crippen molar-refractivity contribution < 1.29 is 14.6 Å². The summed E-state index contributed by atoms with van der Waals surface area (Å²) >= 11 is 1.43. The molecule has 0 bridgehead atoms. The topological polar surface area (TPSA) is 76.4 Å². The van der Waals surface area contributed by atoms with Crippen LogP contribution in [0.25, 0.3) is 0 Å². The van der Waals surface area contributed by atoms with Crippen molar-refractivity contribution in [1.29, 1.82) is 0 Å². The first kappa shape index (κ1) is 13.6. The summed E-state index contributed by atoms with van der Waals surface area (Å²) in [5, 5.41) is 17.9. The van der Waals surface area contributed by atoms with E-state index in [4.69, 9.17) is 9.84 Å². The molecular weight excluding hydrogens is 266 g/mol. The number of carbonyl (C=O) groups is 1. The minimum absolute atomic E-state index is 0.331. The van der Waals surface area contributed by atoms with Gasteiger partial charge in [-0.2, -0.15) is 5.10 Å². The fourth-order valence-electron chi connectivity index (χ4n) is 1.54. The first-order valence-corrected chi connectivity index (χ1v) is 6.63. The van der Waals surface area contributed by atoms with E-state index in [0.717, 1.165) is 10.6 Å². The molecule has 102 valence electrons. The fourth-order valence-corrected chi connectivity index (χ4v) is 2.33. The normalized spacial score (nSPS) is 10.6. The van der Waals surface area contributed by atoms with Gasteiger partial charge in [0.2, 0.25) is 0 Å². The van der Waals surface area contributed by atoms with E-state index in [1.54, 1.807) is 29.4 Å². The van der Waals surface area contributed by atoms with Crippen LogP contribution in [-0.2, 0) is 17.8 Å². The number of aromatic nitrogens is 2. The average molecular weight is 281 g/mol. The van der Waals surface area contributed by atoms with Crippen molar-refractivity contribution in [3.05, 3.63) is 34.3 Å². The first-order valence-electron chi connectivity index (χ1n) is 5.75. The number of nitrogens with one attached hydrogen (secondary N) is 1. The number of hydrogen-bond acceptors (Lipinski definition) is 5. The largest absolute Gasteiger partial charge is 0.478 e. The van der Waals surface area contributed by atoms with Crippen molar-refractivity contribution in [3.8, 4) is 0 Å². The molecule has 0 atom stereocenters. The predicted molar refractivity (Wildman–Crippen MR) is 72.7 cm³/mol. The molecule has 0 saturated carbocycles. The molecule has 6 nitrogen and oxygen atoms in total. The second-order valence-corrected chi connectivity index (χ2v) is 4.94. The van der Waals surface area contributed by atoms with Gasteiger partial charge in [0.15, 0.2) is 0 Å². The Hall–Kier alpha value is -1.86. The Morgan fingerprint density at radius 3 is 3.16 bits per heavy atom. The molecule has 2 N–H and O–H groups in total. The van der Waals surface area contributed by atoms with Crippen LogP contribution in [0.4, 0.5) is 5.69 Å². The Labute approximate surface area is 114 Å². The molecule has 0 spiro atoms. The smallest absolute Gasteiger partial charge is 0.336 e. The number of thiophene rings is 1. The molecule has 0 radical (unpaired) electrons. The Morgan fingerprint density at radius 2 is 2.47 bits per heavy atom. The molecule has 19 heavy (non-hydrogen) atoms. The molecule has 2 aromatic heterocycles. The standard InChI is InChI=1S/C12H15N3O3S/c1-18-3-2-15-7-10(5-14-15)13-6-11-4-9(8-19-11)12(16)17/h4-5,7-8,13H,2-3,6H2,1H3,(H,16,17). The van der Waals surface area contributed by atoms with Crippen molar-refractivity contribution in [3.63, 3.8) is 0 Å². The number of carboxylic acids is 1. The maximum absolute atomic E-state index is 10.8. The minimum atomic E-state index is -0.894. The van der Waals surface area contributed by atoms with Gasteiger partial charge in [0, 0.05) is 30.1 Å². The number of anilines is 1. The predicted octanol–water partition coefficient (Wildman–Crippen LogP) is 1.90. The van der Waals surface area contributed by atoms with Crippen molar-refractivity contribution >= 4 is 23.0 Å². The van der Waals surface area contributed by atoms with Gasteiger partial charge in [0.1, 0.15) is 0 Å². The van der Waals surface area contributed by atoms with Gasteiger partial charge >= 0.3 is 5.97 Å². The van der Waals surface area contributed by atoms with Gasteiger partial charge in [-0.15, -0.1) is 11.3 Å². The zero-order chi connectivity index (χ0) is 13.7. The molecule has 0 unspecified atom stereocenters. The van der Waals surface area contributed by atoms with E-state index in [2.05, 4.69) is 10.4 Å². The number of hydrogen-bond donors (Lipinski definition) is 2. The lowest BCUT2D eigenvalue weighted by atomic mass is 10.3. The summed E-state index contributed by atoms with van der Waals surface area (Å²) in [5.74, 6) is -0.894. The summed E-state index contributed by atoms with van der Waals surface area (Å²) in [6.45, 7) is 1.92. The lowest BCUT2D eigenvalue weighted by molar-refractivity contribution is 0.0697. The van der Waals surface area contributed by atoms with Gasteiger partial charge in [0.05, 0.1) is 30.6 Å². The fraction of sp³-hybridized carbons (Fsp3) is 0.333. The molecule has 2 rings (SSSR count). The van der Waals surface area contributed by atoms with Crippen molar-refractivity contribution in [2.45, 2.75) is 13.1 Å². The summed E-state index contributed by atoms with van der Waals surface area (Å²) in [6, 6.07) is 1.68. The number of rotatable bonds is 7. The highest BCUT2D eigenvalue weighted by atomic mass is 32.1. The quantitative estimate of drug-likeness (QED) is 0.810. The number of aromatic carboxylic acids is 1. The van der Waals surface area contributed by atoms with Crippen LogP contribution in [0, 0.1) is 0 Å². The molecule has 0 amide bonds. The summed E-state index contributed by atoms with van der Waals surface area (Å²) in [6.07, 6.45) is 3.63. The molecule has 0 fully saturated rings. The van der Waals surface area contributed by atoms with Gasteiger partial charge in [-0.3, -0.25) is 4.68 Å². The second-order valence-electron chi connectivity index (χ2n) is 3.95. The molecule has 2 aromatic rings. The van der Waals surface area contributed by atoms with E-state index < -0.39 is 5.97 Å². The number of carboxylic acid groups (broad SMARTS) is 1. The summed E-state index contributed by atoms with van der Waals surface area (Å²) in [5.41, 5.74) is 1.24. The van der Waals surface area contributed by atoms with Crippen LogP contribution < -0.4 is 5.32 Å². The van der Waals surface area contributed by atoms with Gasteiger partial charge in [-0.05, 0) is 6.07 Å². The lowest BCUT2D eigenvalue weighted by Gasteiger charge is -2.01. The third-order valence-corrected chi connectivity index (χ3v) is 3.46. The van der Waals surface area contributed by atoms with E-state index in [1.807, 2.05) is 6.20 Å². The SMILES string of the molecule is COCCn1cc(NCc2cc(C(=O)O)cs2)cn1. The summed E-state index contributed by atoms with van der Waals surface area (Å²) < 4.78 is 6.77. The van der Waals surface area contributed by atoms with Gasteiger partial charge in [-0.25, -0.2) is 4.79 Å². The Kier molecular flexibility index (Phi) is 4.53. The zero-order valence-corrected chi connectivity index (χ0v) is 11.3. The monoisotopic (exact) mass is 281 g/mol. The second kappa shape index (κ2) is 6.35. The Morgan fingerprint density at radius 1 is 1.63 bits per heavy atom. The summed E-state index contributed by atoms with van der Waals surface area (Å²) in [7, 11) is 1.65. The highest BCUT2D eigenvalue weighted by molar-refractivity contribution is 7.10. The van der Waals surface area contributed by atoms with Crippen molar-refractivity contribution in [1.82, 2.24) is 9.78 Å². The van der Waals surface area contributed by atoms with Crippen LogP contribution in [0.1, 0.15) is 15.2 Å². The number of ether oxygens (including phenoxy) is 1. The van der Waals surface area contributed by atoms with Gasteiger partial charge < -0.3 is 15.2 Å². The molecule has 0 aliphatic rings. The van der Waals surface area contributed by atoms with E-state index in [1.165, 1.54) is 11.3 Å². The molecule has 0 saturated heterocycles. The van der Waals surface area contributed by atoms with Crippen LogP contribution in [-0.4, -0.2) is 34.6 Å². The first-order chi connectivity index (χ1) is 9.19. The van der Waals surface area contributed by atoms with Crippen molar-refractivity contribution in [2.75, 3.05) is 19.0 Å². The van der Waals surface area contributed by atoms with Crippen molar-refractivity contribution in [2.24, 2.45) is 0 Å². The van der Waals surface area contributed by atoms with Crippen LogP contribution in [0.2, 0.25) is 0 Å². The van der Waals surface area contributed by atoms with Crippen LogP contribution in [0.15, 0.2) is 23.8 Å². The number of methoxy groups -OCH3 is 1. The van der Waals surface area contributed by atoms with Crippen LogP contribution >= 0.6 is 11.3 Å². The van der Waals surface area contributed by atoms with Gasteiger partial charge in [-0.1, -0.05) is 0 Å². The molecule has 0 aliphatic carbocycles. The lowest BCUT2D eigenvalue weighted by Crippen LogP contribution is -2.04. The molecule has 0 aliphatic heterocycles. The summed E-state index contributed by atoms with van der Waals surface area (Å²) in [4.78, 5) is 11.7. The number of nitrogens with zero attached hydrogens (tertiary/aromatic N) is 2. The maximum atomic E-state index is 10.8.